The van der Waals surface area contributed by atoms with Crippen molar-refractivity contribution in [3.8, 4) is 0 Å². The number of ether oxygens (including phenoxy) is 2. The maximum absolute atomic E-state index is 11.3. The summed E-state index contributed by atoms with van der Waals surface area (Å²) in [5.41, 5.74) is 0. The molecule has 23 heavy (non-hydrogen) atoms. The van der Waals surface area contributed by atoms with Gasteiger partial charge in [0.2, 0.25) is 0 Å². The van der Waals surface area contributed by atoms with Gasteiger partial charge in [0.05, 0.1) is 27.1 Å². The molecule has 0 amide bonds. The van der Waals surface area contributed by atoms with Crippen LogP contribution in [0, 0.1) is 0 Å². The highest BCUT2D eigenvalue weighted by Crippen LogP contribution is 2.00. The molecule has 0 aromatic rings. The second-order valence-corrected chi connectivity index (χ2v) is 5.29. The van der Waals surface area contributed by atoms with E-state index in [1.165, 1.54) is 14.2 Å². The van der Waals surface area contributed by atoms with E-state index >= 15 is 0 Å². The van der Waals surface area contributed by atoms with Crippen LogP contribution in [0.4, 0.5) is 0 Å². The van der Waals surface area contributed by atoms with Crippen LogP contribution in [-0.2, 0) is 23.9 Å². The van der Waals surface area contributed by atoms with Crippen LogP contribution in [-0.4, -0.2) is 81.5 Å². The molecule has 134 valence electrons. The Bertz CT molecular complexity index is 329. The average Bonchev–Trinajstić information content (AvgIpc) is 2.57. The fourth-order valence-corrected chi connectivity index (χ4v) is 2.21. The van der Waals surface area contributed by atoms with Crippen molar-refractivity contribution in [2.45, 2.75) is 32.6 Å². The van der Waals surface area contributed by atoms with Gasteiger partial charge in [-0.2, -0.15) is 0 Å². The first-order chi connectivity index (χ1) is 11.1. The molecule has 0 aromatic carbocycles. The third-order valence-corrected chi connectivity index (χ3v) is 3.56. The maximum Gasteiger partial charge on any atom is 0.306 e. The van der Waals surface area contributed by atoms with Gasteiger partial charge < -0.3 is 24.1 Å². The number of aldehydes is 1. The number of nitrogens with zero attached hydrogens (tertiary/aromatic N) is 2. The Kier molecular flexibility index (Phi) is 13.2. The number of hydrogen-bond acceptors (Lipinski definition) is 7. The second-order valence-electron chi connectivity index (χ2n) is 5.29. The summed E-state index contributed by atoms with van der Waals surface area (Å²) in [6.45, 7) is 6.36. The molecule has 0 radical (unpaired) electrons. The standard InChI is InChI=1S/C16H30N2O5/c1-4-8-17(9-5-14-19)12-13-18(10-6-15(20)22-2)11-7-16(21)23-3/h14H,4-13H2,1-3H3. The Labute approximate surface area is 138 Å². The number of hydrogen-bond donors (Lipinski definition) is 0. The number of carbonyl (C=O) groups excluding carboxylic acids is 3. The fourth-order valence-electron chi connectivity index (χ4n) is 2.21. The third kappa shape index (κ3) is 11.7. The summed E-state index contributed by atoms with van der Waals surface area (Å²) in [6, 6.07) is 0. The molecular formula is C16H30N2O5. The molecule has 0 rings (SSSR count). The monoisotopic (exact) mass is 330 g/mol. The van der Waals surface area contributed by atoms with Crippen LogP contribution in [0.1, 0.15) is 32.6 Å². The highest BCUT2D eigenvalue weighted by Gasteiger charge is 2.13. The lowest BCUT2D eigenvalue weighted by atomic mass is 10.3. The average molecular weight is 330 g/mol. The van der Waals surface area contributed by atoms with E-state index in [1.807, 2.05) is 0 Å². The summed E-state index contributed by atoms with van der Waals surface area (Å²) in [5.74, 6) is -0.529. The second kappa shape index (κ2) is 14.1. The predicted octanol–water partition coefficient (Wildman–Crippen LogP) is 0.716. The van der Waals surface area contributed by atoms with Crippen molar-refractivity contribution in [1.29, 1.82) is 0 Å². The summed E-state index contributed by atoms with van der Waals surface area (Å²) in [4.78, 5) is 37.4. The van der Waals surface area contributed by atoms with Crippen LogP contribution in [0.5, 0.6) is 0 Å². The van der Waals surface area contributed by atoms with Gasteiger partial charge in [0.15, 0.2) is 0 Å². The van der Waals surface area contributed by atoms with E-state index in [-0.39, 0.29) is 11.9 Å². The normalized spacial score (nSPS) is 10.8. The van der Waals surface area contributed by atoms with Crippen molar-refractivity contribution < 1.29 is 23.9 Å². The molecule has 0 fully saturated rings. The third-order valence-electron chi connectivity index (χ3n) is 3.56. The molecule has 0 atom stereocenters. The van der Waals surface area contributed by atoms with E-state index in [4.69, 9.17) is 0 Å². The van der Waals surface area contributed by atoms with Crippen molar-refractivity contribution in [3.63, 3.8) is 0 Å². The molecule has 0 N–H and O–H groups in total. The van der Waals surface area contributed by atoms with Crippen LogP contribution in [0.3, 0.4) is 0 Å². The minimum Gasteiger partial charge on any atom is -0.469 e. The Morgan fingerprint density at radius 1 is 0.826 bits per heavy atom. The number of methoxy groups -OCH3 is 2. The zero-order valence-electron chi connectivity index (χ0n) is 14.6. The Morgan fingerprint density at radius 3 is 1.70 bits per heavy atom. The molecule has 0 saturated heterocycles. The van der Waals surface area contributed by atoms with Gasteiger partial charge >= 0.3 is 11.9 Å². The quantitative estimate of drug-likeness (QED) is 0.343. The topological polar surface area (TPSA) is 76.2 Å². The van der Waals surface area contributed by atoms with Gasteiger partial charge in [0, 0.05) is 39.1 Å². The van der Waals surface area contributed by atoms with Crippen LogP contribution >= 0.6 is 0 Å². The molecule has 0 aliphatic heterocycles. The molecule has 0 saturated carbocycles. The number of rotatable bonds is 14. The van der Waals surface area contributed by atoms with Crippen LogP contribution in [0.25, 0.3) is 0 Å². The molecular weight excluding hydrogens is 300 g/mol. The molecule has 0 spiro atoms. The van der Waals surface area contributed by atoms with Crippen LogP contribution in [0.15, 0.2) is 0 Å². The Balaban J connectivity index is 4.41. The molecule has 0 aromatic heterocycles. The number of esters is 2. The van der Waals surface area contributed by atoms with E-state index in [0.717, 1.165) is 38.9 Å². The van der Waals surface area contributed by atoms with E-state index in [2.05, 4.69) is 26.2 Å². The van der Waals surface area contributed by atoms with E-state index < -0.39 is 0 Å². The largest absolute Gasteiger partial charge is 0.469 e. The smallest absolute Gasteiger partial charge is 0.306 e. The lowest BCUT2D eigenvalue weighted by Crippen LogP contribution is -2.38. The van der Waals surface area contributed by atoms with E-state index in [1.54, 1.807) is 0 Å². The maximum atomic E-state index is 11.3. The van der Waals surface area contributed by atoms with Gasteiger partial charge in [-0.05, 0) is 13.0 Å². The van der Waals surface area contributed by atoms with Gasteiger partial charge in [-0.3, -0.25) is 9.59 Å². The van der Waals surface area contributed by atoms with Crippen LogP contribution in [0.2, 0.25) is 0 Å². The SMILES string of the molecule is CCCN(CCC=O)CCN(CCC(=O)OC)CCC(=O)OC. The molecule has 0 bridgehead atoms. The van der Waals surface area contributed by atoms with Crippen molar-refractivity contribution in [2.75, 3.05) is 53.5 Å². The lowest BCUT2D eigenvalue weighted by molar-refractivity contribution is -0.141. The highest BCUT2D eigenvalue weighted by molar-refractivity contribution is 5.70. The molecule has 7 heteroatoms. The first-order valence-corrected chi connectivity index (χ1v) is 8.09. The van der Waals surface area contributed by atoms with Crippen LogP contribution < -0.4 is 0 Å². The van der Waals surface area contributed by atoms with E-state index in [0.29, 0.717) is 32.4 Å². The van der Waals surface area contributed by atoms with Crippen molar-refractivity contribution >= 4 is 18.2 Å². The summed E-state index contributed by atoms with van der Waals surface area (Å²) in [6.07, 6.45) is 3.04. The zero-order valence-corrected chi connectivity index (χ0v) is 14.6. The van der Waals surface area contributed by atoms with Gasteiger partial charge in [-0.1, -0.05) is 6.92 Å². The van der Waals surface area contributed by atoms with Gasteiger partial charge in [0.25, 0.3) is 0 Å². The summed E-state index contributed by atoms with van der Waals surface area (Å²) in [7, 11) is 2.73. The minimum atomic E-state index is -0.264. The van der Waals surface area contributed by atoms with Crippen molar-refractivity contribution in [3.05, 3.63) is 0 Å². The number of carbonyl (C=O) groups is 3. The van der Waals surface area contributed by atoms with Gasteiger partial charge in [-0.15, -0.1) is 0 Å². The molecule has 0 unspecified atom stereocenters. The van der Waals surface area contributed by atoms with Crippen molar-refractivity contribution in [2.24, 2.45) is 0 Å². The molecule has 0 aliphatic carbocycles. The summed E-state index contributed by atoms with van der Waals surface area (Å²) < 4.78 is 9.32. The van der Waals surface area contributed by atoms with Crippen molar-refractivity contribution in [1.82, 2.24) is 9.80 Å². The first-order valence-electron chi connectivity index (χ1n) is 8.09. The van der Waals surface area contributed by atoms with Gasteiger partial charge in [0.1, 0.15) is 6.29 Å². The molecule has 0 aliphatic rings. The van der Waals surface area contributed by atoms with Gasteiger partial charge in [-0.25, -0.2) is 0 Å². The van der Waals surface area contributed by atoms with E-state index in [9.17, 15) is 14.4 Å². The summed E-state index contributed by atoms with van der Waals surface area (Å²) in [5, 5.41) is 0. The molecule has 7 nitrogen and oxygen atoms in total. The highest BCUT2D eigenvalue weighted by atomic mass is 16.5. The zero-order chi connectivity index (χ0) is 17.5. The fraction of sp³-hybridized carbons (Fsp3) is 0.812. The lowest BCUT2D eigenvalue weighted by Gasteiger charge is -2.26. The minimum absolute atomic E-state index is 0.264. The molecule has 0 heterocycles. The predicted molar refractivity (Wildman–Crippen MR) is 87.1 cm³/mol. The first kappa shape index (κ1) is 21.5. The Morgan fingerprint density at radius 2 is 1.30 bits per heavy atom. The Hall–Kier alpha value is -1.47. The summed E-state index contributed by atoms with van der Waals surface area (Å²) >= 11 is 0.